The average molecular weight is 382 g/mol. The molecule has 2 N–H and O–H groups in total. The molecule has 1 aliphatic heterocycles. The molecule has 1 spiro atoms. The summed E-state index contributed by atoms with van der Waals surface area (Å²) in [5.74, 6) is 0. The van der Waals surface area contributed by atoms with Crippen LogP contribution in [-0.2, 0) is 0 Å². The molecule has 23 heavy (non-hydrogen) atoms. The number of hydroxylamine groups is 3. The quantitative estimate of drug-likeness (QED) is 0.338. The number of oxime groups is 1. The predicted octanol–water partition coefficient (Wildman–Crippen LogP) is 3.33. The van der Waals surface area contributed by atoms with Gasteiger partial charge in [0.15, 0.2) is 0 Å². The van der Waals surface area contributed by atoms with Crippen LogP contribution in [0, 0.1) is 5.21 Å². The van der Waals surface area contributed by atoms with Crippen molar-refractivity contribution in [3.8, 4) is 0 Å². The van der Waals surface area contributed by atoms with Crippen molar-refractivity contribution in [2.45, 2.75) is 50.7 Å². The second kappa shape index (κ2) is 5.58. The standard InChI is InChI=1S/C16H20BrN3O3/c1-15(2)14(11-6-8-12(17)9-7-11)19(22)16(20(15)23)10-4-3-5-13(16)18-21/h6-9,21,23H,3-5,10H2,1-2H3/b18-13-/t16-/m1/s1. The van der Waals surface area contributed by atoms with Gasteiger partial charge in [-0.3, -0.25) is 0 Å². The maximum absolute atomic E-state index is 13.2. The summed E-state index contributed by atoms with van der Waals surface area (Å²) in [6, 6.07) is 7.41. The molecule has 1 fully saturated rings. The lowest BCUT2D eigenvalue weighted by Gasteiger charge is -2.38. The fraction of sp³-hybridized carbons (Fsp3) is 0.500. The lowest BCUT2D eigenvalue weighted by atomic mass is 9.86. The molecule has 7 heteroatoms. The Bertz CT molecular complexity index is 684. The van der Waals surface area contributed by atoms with Gasteiger partial charge in [0.2, 0.25) is 5.71 Å². The zero-order chi connectivity index (χ0) is 16.8. The van der Waals surface area contributed by atoms with Crippen LogP contribution < -0.4 is 0 Å². The highest BCUT2D eigenvalue weighted by Crippen LogP contribution is 2.42. The number of hydrogen-bond acceptors (Lipinski definition) is 5. The first-order chi connectivity index (χ1) is 10.9. The van der Waals surface area contributed by atoms with E-state index in [1.165, 1.54) is 0 Å². The molecule has 0 unspecified atom stereocenters. The Kier molecular flexibility index (Phi) is 3.98. The molecule has 1 heterocycles. The van der Waals surface area contributed by atoms with Gasteiger partial charge in [0.25, 0.3) is 5.66 Å². The Morgan fingerprint density at radius 1 is 1.26 bits per heavy atom. The lowest BCUT2D eigenvalue weighted by Crippen LogP contribution is -2.60. The normalized spacial score (nSPS) is 29.7. The van der Waals surface area contributed by atoms with E-state index in [9.17, 15) is 15.6 Å². The van der Waals surface area contributed by atoms with Crippen molar-refractivity contribution >= 4 is 27.4 Å². The van der Waals surface area contributed by atoms with Gasteiger partial charge in [-0.25, -0.2) is 0 Å². The monoisotopic (exact) mass is 381 g/mol. The molecular formula is C16H20BrN3O3. The first kappa shape index (κ1) is 16.4. The maximum Gasteiger partial charge on any atom is 0.293 e. The third-order valence-corrected chi connectivity index (χ3v) is 5.42. The summed E-state index contributed by atoms with van der Waals surface area (Å²) in [5, 5.41) is 37.9. The van der Waals surface area contributed by atoms with Crippen molar-refractivity contribution in [3.63, 3.8) is 0 Å². The maximum atomic E-state index is 13.2. The number of hydrogen-bond donors (Lipinski definition) is 2. The third kappa shape index (κ3) is 2.21. The summed E-state index contributed by atoms with van der Waals surface area (Å²) in [5.41, 5.74) is -0.689. The van der Waals surface area contributed by atoms with Crippen molar-refractivity contribution in [3.05, 3.63) is 39.5 Å². The highest BCUT2D eigenvalue weighted by molar-refractivity contribution is 9.10. The molecule has 0 radical (unpaired) electrons. The van der Waals surface area contributed by atoms with Crippen LogP contribution >= 0.6 is 15.9 Å². The Balaban J connectivity index is 2.22. The molecule has 1 aromatic carbocycles. The SMILES string of the molecule is CC1(C)C(c2ccc(Br)cc2)=[N+]([O-])[C@]2(CCCC/C2=N/O)N1O. The third-order valence-electron chi connectivity index (χ3n) is 4.89. The number of nitrogens with zero attached hydrogens (tertiary/aromatic N) is 3. The highest BCUT2D eigenvalue weighted by Gasteiger charge is 2.65. The van der Waals surface area contributed by atoms with E-state index in [2.05, 4.69) is 21.1 Å². The van der Waals surface area contributed by atoms with Crippen LogP contribution in [0.15, 0.2) is 33.9 Å². The van der Waals surface area contributed by atoms with Crippen LogP contribution in [0.2, 0.25) is 0 Å². The molecule has 0 bridgehead atoms. The Labute approximate surface area is 143 Å². The molecule has 1 aliphatic carbocycles. The molecule has 124 valence electrons. The first-order valence-corrected chi connectivity index (χ1v) is 8.46. The van der Waals surface area contributed by atoms with Gasteiger partial charge in [0.1, 0.15) is 11.3 Å². The van der Waals surface area contributed by atoms with Crippen molar-refractivity contribution < 1.29 is 15.2 Å². The van der Waals surface area contributed by atoms with Crippen LogP contribution in [0.25, 0.3) is 0 Å². The zero-order valence-corrected chi connectivity index (χ0v) is 14.7. The largest absolute Gasteiger partial charge is 0.622 e. The van der Waals surface area contributed by atoms with E-state index >= 15 is 0 Å². The van der Waals surface area contributed by atoms with Gasteiger partial charge in [0, 0.05) is 16.5 Å². The molecule has 0 amide bonds. The predicted molar refractivity (Wildman–Crippen MR) is 90.0 cm³/mol. The van der Waals surface area contributed by atoms with E-state index in [-0.39, 0.29) is 0 Å². The highest BCUT2D eigenvalue weighted by atomic mass is 79.9. The smallest absolute Gasteiger partial charge is 0.293 e. The summed E-state index contributed by atoms with van der Waals surface area (Å²) in [7, 11) is 0. The molecule has 6 nitrogen and oxygen atoms in total. The van der Waals surface area contributed by atoms with E-state index in [1.54, 1.807) is 13.8 Å². The second-order valence-corrected chi connectivity index (χ2v) is 7.51. The molecular weight excluding hydrogens is 362 g/mol. The van der Waals surface area contributed by atoms with Gasteiger partial charge >= 0.3 is 0 Å². The van der Waals surface area contributed by atoms with Crippen LogP contribution in [0.5, 0.6) is 0 Å². The number of rotatable bonds is 1. The van der Waals surface area contributed by atoms with Crippen LogP contribution in [0.3, 0.4) is 0 Å². The Morgan fingerprint density at radius 2 is 1.91 bits per heavy atom. The lowest BCUT2D eigenvalue weighted by molar-refractivity contribution is -0.568. The topological polar surface area (TPSA) is 82.1 Å². The molecule has 0 saturated heterocycles. The molecule has 0 aromatic heterocycles. The minimum atomic E-state index is -1.32. The van der Waals surface area contributed by atoms with Crippen molar-refractivity contribution in [2.24, 2.45) is 5.16 Å². The zero-order valence-electron chi connectivity index (χ0n) is 13.2. The number of halogens is 1. The van der Waals surface area contributed by atoms with E-state index in [0.717, 1.165) is 32.7 Å². The average Bonchev–Trinajstić information content (AvgIpc) is 2.68. The molecule has 1 aromatic rings. The summed E-state index contributed by atoms with van der Waals surface area (Å²) < 4.78 is 1.76. The second-order valence-electron chi connectivity index (χ2n) is 6.59. The minimum Gasteiger partial charge on any atom is -0.622 e. The number of benzene rings is 1. The van der Waals surface area contributed by atoms with E-state index in [4.69, 9.17) is 0 Å². The van der Waals surface area contributed by atoms with Gasteiger partial charge in [-0.15, -0.1) is 5.06 Å². The van der Waals surface area contributed by atoms with Crippen LogP contribution in [-0.4, -0.2) is 42.8 Å². The van der Waals surface area contributed by atoms with Gasteiger partial charge in [-0.2, -0.15) is 4.74 Å². The molecule has 1 atom stereocenters. The molecule has 3 rings (SSSR count). The fourth-order valence-electron chi connectivity index (χ4n) is 3.75. The molecule has 1 saturated carbocycles. The van der Waals surface area contributed by atoms with Crippen LogP contribution in [0.1, 0.15) is 45.1 Å². The Hall–Kier alpha value is -1.44. The van der Waals surface area contributed by atoms with Crippen LogP contribution in [0.4, 0.5) is 0 Å². The van der Waals surface area contributed by atoms with Gasteiger partial charge < -0.3 is 15.6 Å². The molecule has 2 aliphatic rings. The van der Waals surface area contributed by atoms with Crippen molar-refractivity contribution in [1.82, 2.24) is 5.06 Å². The summed E-state index contributed by atoms with van der Waals surface area (Å²) in [6.45, 7) is 3.60. The van der Waals surface area contributed by atoms with E-state index in [1.807, 2.05) is 24.3 Å². The van der Waals surface area contributed by atoms with E-state index in [0.29, 0.717) is 24.3 Å². The first-order valence-electron chi connectivity index (χ1n) is 7.67. The summed E-state index contributed by atoms with van der Waals surface area (Å²) >= 11 is 3.39. The van der Waals surface area contributed by atoms with Gasteiger partial charge in [0.05, 0.1) is 0 Å². The summed E-state index contributed by atoms with van der Waals surface area (Å²) in [4.78, 5) is 0. The minimum absolute atomic E-state index is 0.321. The van der Waals surface area contributed by atoms with Crippen molar-refractivity contribution in [1.29, 1.82) is 0 Å². The van der Waals surface area contributed by atoms with Gasteiger partial charge in [-0.05, 0) is 57.4 Å². The fourth-order valence-corrected chi connectivity index (χ4v) is 4.01. The van der Waals surface area contributed by atoms with E-state index < -0.39 is 11.2 Å². The van der Waals surface area contributed by atoms with Gasteiger partial charge in [-0.1, -0.05) is 21.1 Å². The Morgan fingerprint density at radius 3 is 2.52 bits per heavy atom. The van der Waals surface area contributed by atoms with Crippen molar-refractivity contribution in [2.75, 3.05) is 0 Å². The summed E-state index contributed by atoms with van der Waals surface area (Å²) in [6.07, 6.45) is 2.56.